The van der Waals surface area contributed by atoms with Gasteiger partial charge in [-0.05, 0) is 30.5 Å². The van der Waals surface area contributed by atoms with Gasteiger partial charge in [-0.15, -0.1) is 6.58 Å². The van der Waals surface area contributed by atoms with Crippen molar-refractivity contribution in [3.63, 3.8) is 0 Å². The van der Waals surface area contributed by atoms with Gasteiger partial charge in [0.25, 0.3) is 0 Å². The average molecular weight is 177 g/mol. The fourth-order valence-corrected chi connectivity index (χ4v) is 1.17. The highest BCUT2D eigenvalue weighted by Crippen LogP contribution is 2.30. The molecule has 2 nitrogen and oxygen atoms in total. The summed E-state index contributed by atoms with van der Waals surface area (Å²) in [7, 11) is 1.52. The van der Waals surface area contributed by atoms with Gasteiger partial charge >= 0.3 is 0 Å². The minimum atomic E-state index is 0.107. The number of phenols is 1. The van der Waals surface area contributed by atoms with Gasteiger partial charge < -0.3 is 9.84 Å². The van der Waals surface area contributed by atoms with E-state index < -0.39 is 0 Å². The lowest BCUT2D eigenvalue weighted by Crippen LogP contribution is -1.89. The molecule has 0 heterocycles. The molecule has 0 bridgehead atoms. The molecule has 1 aromatic rings. The number of methoxy groups -OCH3 is 1. The molecule has 1 rings (SSSR count). The Morgan fingerprint density at radius 2 is 2.23 bits per heavy atom. The lowest BCUT2D eigenvalue weighted by atomic mass is 10.1. The summed E-state index contributed by atoms with van der Waals surface area (Å²) in [5.41, 5.74) is 1.62. The maximum Gasteiger partial charge on any atom is 0.161 e. The summed E-state index contributed by atoms with van der Waals surface area (Å²) < 4.78 is 4.99. The second kappa shape index (κ2) is 3.99. The Labute approximate surface area is 78.5 Å². The van der Waals surface area contributed by atoms with Gasteiger partial charge in [0.2, 0.25) is 0 Å². The van der Waals surface area contributed by atoms with Crippen molar-refractivity contribution in [1.29, 1.82) is 0 Å². The maximum absolute atomic E-state index is 9.48. The summed E-state index contributed by atoms with van der Waals surface area (Å²) >= 11 is 0. The van der Waals surface area contributed by atoms with Crippen LogP contribution in [0.2, 0.25) is 0 Å². The topological polar surface area (TPSA) is 29.5 Å². The van der Waals surface area contributed by atoms with E-state index in [0.717, 1.165) is 12.0 Å². The summed E-state index contributed by atoms with van der Waals surface area (Å²) in [5, 5.41) is 9.48. The number of hydrogen-bond acceptors (Lipinski definition) is 2. The minimum absolute atomic E-state index is 0.107. The Kier molecular flexibility index (Phi) is 2.96. The fraction of sp³-hybridized carbons (Fsp3) is 0.182. The summed E-state index contributed by atoms with van der Waals surface area (Å²) in [6, 6.07) is 3.60. The number of phenolic OH excluding ortho intramolecular Hbond substituents is 1. The molecule has 0 saturated heterocycles. The number of aromatic hydroxyl groups is 1. The molecule has 0 amide bonds. The number of benzene rings is 1. The second-order valence-corrected chi connectivity index (χ2v) is 2.80. The smallest absolute Gasteiger partial charge is 0.161 e. The Bertz CT molecular complexity index is 316. The highest BCUT2D eigenvalue weighted by molar-refractivity contribution is 5.50. The predicted octanol–water partition coefficient (Wildman–Crippen LogP) is 2.31. The molecule has 0 aliphatic rings. The molecule has 13 heavy (non-hydrogen) atoms. The zero-order valence-electron chi connectivity index (χ0n) is 7.71. The first-order valence-corrected chi connectivity index (χ1v) is 4.01. The van der Waals surface area contributed by atoms with Crippen LogP contribution in [-0.4, -0.2) is 12.2 Å². The van der Waals surface area contributed by atoms with E-state index in [1.165, 1.54) is 7.11 Å². The van der Waals surface area contributed by atoms with Crippen molar-refractivity contribution in [3.8, 4) is 11.5 Å². The Balaban J connectivity index is 3.13. The van der Waals surface area contributed by atoms with Crippen molar-refractivity contribution in [2.24, 2.45) is 0 Å². The van der Waals surface area contributed by atoms with E-state index >= 15 is 0 Å². The van der Waals surface area contributed by atoms with Crippen LogP contribution in [0.3, 0.4) is 0 Å². The Morgan fingerprint density at radius 3 is 2.77 bits per heavy atom. The second-order valence-electron chi connectivity index (χ2n) is 2.80. The van der Waals surface area contributed by atoms with Crippen LogP contribution in [0.1, 0.15) is 11.1 Å². The van der Waals surface area contributed by atoms with Crippen molar-refractivity contribution in [2.45, 2.75) is 6.42 Å². The van der Waals surface area contributed by atoms with Gasteiger partial charge in [-0.25, -0.2) is 0 Å². The van der Waals surface area contributed by atoms with Crippen molar-refractivity contribution < 1.29 is 9.84 Å². The molecule has 0 unspecified atom stereocenters. The molecule has 0 atom stereocenters. The molecular formula is C11H13O2. The minimum Gasteiger partial charge on any atom is -0.504 e. The number of rotatable bonds is 3. The highest BCUT2D eigenvalue weighted by atomic mass is 16.5. The largest absolute Gasteiger partial charge is 0.504 e. The van der Waals surface area contributed by atoms with E-state index in [0.29, 0.717) is 11.3 Å². The number of allylic oxidation sites excluding steroid dienone is 1. The van der Waals surface area contributed by atoms with Crippen molar-refractivity contribution >= 4 is 0 Å². The fourth-order valence-electron chi connectivity index (χ4n) is 1.17. The monoisotopic (exact) mass is 177 g/mol. The van der Waals surface area contributed by atoms with Crippen LogP contribution >= 0.6 is 0 Å². The van der Waals surface area contributed by atoms with Crippen LogP contribution in [0.5, 0.6) is 11.5 Å². The first-order chi connectivity index (χ1) is 6.19. The SMILES string of the molecule is [CH2]c1cc(CC=C)cc(OC)c1O. The van der Waals surface area contributed by atoms with E-state index in [1.807, 2.05) is 6.07 Å². The van der Waals surface area contributed by atoms with Gasteiger partial charge in [-0.3, -0.25) is 0 Å². The zero-order valence-corrected chi connectivity index (χ0v) is 7.71. The van der Waals surface area contributed by atoms with Gasteiger partial charge in [0.05, 0.1) is 7.11 Å². The van der Waals surface area contributed by atoms with E-state index in [2.05, 4.69) is 13.5 Å². The quantitative estimate of drug-likeness (QED) is 0.718. The van der Waals surface area contributed by atoms with E-state index in [-0.39, 0.29) is 5.75 Å². The lowest BCUT2D eigenvalue weighted by molar-refractivity contribution is 0.372. The van der Waals surface area contributed by atoms with Crippen LogP contribution in [0.25, 0.3) is 0 Å². The summed E-state index contributed by atoms with van der Waals surface area (Å²) in [5.74, 6) is 0.569. The van der Waals surface area contributed by atoms with Crippen molar-refractivity contribution in [1.82, 2.24) is 0 Å². The summed E-state index contributed by atoms with van der Waals surface area (Å²) in [6.45, 7) is 7.35. The lowest BCUT2D eigenvalue weighted by Gasteiger charge is -2.08. The molecule has 2 heteroatoms. The molecule has 0 aromatic heterocycles. The normalized spacial score (nSPS) is 9.69. The molecule has 1 aromatic carbocycles. The molecule has 0 spiro atoms. The van der Waals surface area contributed by atoms with Crippen LogP contribution in [0.4, 0.5) is 0 Å². The van der Waals surface area contributed by atoms with Crippen LogP contribution in [-0.2, 0) is 6.42 Å². The molecule has 1 radical (unpaired) electrons. The van der Waals surface area contributed by atoms with Crippen molar-refractivity contribution in [3.05, 3.63) is 42.8 Å². The number of hydrogen-bond donors (Lipinski definition) is 1. The van der Waals surface area contributed by atoms with Gasteiger partial charge in [0.15, 0.2) is 11.5 Å². The number of ether oxygens (including phenoxy) is 1. The van der Waals surface area contributed by atoms with E-state index in [9.17, 15) is 5.11 Å². The Morgan fingerprint density at radius 1 is 1.54 bits per heavy atom. The molecule has 0 aliphatic heterocycles. The third-order valence-corrected chi connectivity index (χ3v) is 1.81. The third-order valence-electron chi connectivity index (χ3n) is 1.81. The highest BCUT2D eigenvalue weighted by Gasteiger charge is 2.05. The van der Waals surface area contributed by atoms with Gasteiger partial charge in [0.1, 0.15) is 0 Å². The van der Waals surface area contributed by atoms with Gasteiger partial charge in [0, 0.05) is 0 Å². The first-order valence-electron chi connectivity index (χ1n) is 4.01. The molecular weight excluding hydrogens is 164 g/mol. The maximum atomic E-state index is 9.48. The van der Waals surface area contributed by atoms with Gasteiger partial charge in [-0.2, -0.15) is 0 Å². The van der Waals surface area contributed by atoms with E-state index in [1.54, 1.807) is 12.1 Å². The molecule has 69 valence electrons. The standard InChI is InChI=1S/C11H13O2/c1-4-5-9-6-8(2)11(12)10(7-9)13-3/h4,6-7,12H,1-2,5H2,3H3. The molecule has 0 saturated carbocycles. The summed E-state index contributed by atoms with van der Waals surface area (Å²) in [6.07, 6.45) is 2.55. The molecule has 1 N–H and O–H groups in total. The van der Waals surface area contributed by atoms with E-state index in [4.69, 9.17) is 4.74 Å². The van der Waals surface area contributed by atoms with Crippen LogP contribution in [0, 0.1) is 6.92 Å². The average Bonchev–Trinajstić information content (AvgIpc) is 2.11. The first kappa shape index (κ1) is 9.65. The predicted molar refractivity (Wildman–Crippen MR) is 53.0 cm³/mol. The Hall–Kier alpha value is -1.44. The van der Waals surface area contributed by atoms with Crippen LogP contribution < -0.4 is 4.74 Å². The summed E-state index contributed by atoms with van der Waals surface area (Å²) in [4.78, 5) is 0. The molecule has 0 fully saturated rings. The van der Waals surface area contributed by atoms with Gasteiger partial charge in [-0.1, -0.05) is 12.1 Å². The molecule has 0 aliphatic carbocycles. The van der Waals surface area contributed by atoms with Crippen LogP contribution in [0.15, 0.2) is 24.8 Å². The van der Waals surface area contributed by atoms with Crippen molar-refractivity contribution in [2.75, 3.05) is 7.11 Å². The zero-order chi connectivity index (χ0) is 9.84. The third kappa shape index (κ3) is 2.02.